The molecule has 0 saturated carbocycles. The summed E-state index contributed by atoms with van der Waals surface area (Å²) in [5.74, 6) is -5.81. The van der Waals surface area contributed by atoms with Crippen molar-refractivity contribution in [3.63, 3.8) is 0 Å². The van der Waals surface area contributed by atoms with Gasteiger partial charge in [0.25, 0.3) is 21.9 Å². The number of hydrogen-bond donors (Lipinski definition) is 1. The van der Waals surface area contributed by atoms with Crippen molar-refractivity contribution in [3.05, 3.63) is 84.7 Å². The number of carbonyl (C=O) groups excluding carboxylic acids is 2. The Balaban J connectivity index is 1.42. The fourth-order valence-corrected chi connectivity index (χ4v) is 5.66. The zero-order chi connectivity index (χ0) is 27.9. The minimum Gasteiger partial charge on any atom is -0.325 e. The summed E-state index contributed by atoms with van der Waals surface area (Å²) in [6, 6.07) is 16.2. The average molecular weight is 552 g/mol. The lowest BCUT2D eigenvalue weighted by atomic mass is 10.0. The van der Waals surface area contributed by atoms with Gasteiger partial charge in [0.2, 0.25) is 5.91 Å². The van der Waals surface area contributed by atoms with E-state index in [1.54, 1.807) is 24.3 Å². The maximum atomic E-state index is 14.1. The number of carbonyl (C=O) groups is 2. The molecule has 0 radical (unpaired) electrons. The number of alkyl halides is 2. The van der Waals surface area contributed by atoms with E-state index in [2.05, 4.69) is 15.4 Å². The highest BCUT2D eigenvalue weighted by atomic mass is 32.2. The van der Waals surface area contributed by atoms with Gasteiger partial charge in [-0.1, -0.05) is 37.3 Å². The molecule has 2 aromatic heterocycles. The molecule has 3 heterocycles. The second-order valence-electron chi connectivity index (χ2n) is 8.98. The first kappa shape index (κ1) is 26.2. The lowest BCUT2D eigenvalue weighted by Crippen LogP contribution is -2.36. The molecule has 0 saturated heterocycles. The molecule has 0 fully saturated rings. The van der Waals surface area contributed by atoms with Gasteiger partial charge in [-0.25, -0.2) is 26.2 Å². The molecule has 2 amide bonds. The second-order valence-corrected chi connectivity index (χ2v) is 10.8. The largest absolute Gasteiger partial charge is 0.325 e. The van der Waals surface area contributed by atoms with Crippen LogP contribution in [0.2, 0.25) is 0 Å². The van der Waals surface area contributed by atoms with Gasteiger partial charge in [0, 0.05) is 41.5 Å². The maximum absolute atomic E-state index is 14.1. The van der Waals surface area contributed by atoms with Crippen molar-refractivity contribution in [3.8, 4) is 0 Å². The summed E-state index contributed by atoms with van der Waals surface area (Å²) in [5, 5.41) is 8.17. The molecule has 12 heteroatoms. The van der Waals surface area contributed by atoms with Crippen molar-refractivity contribution < 1.29 is 26.8 Å². The van der Waals surface area contributed by atoms with Crippen LogP contribution < -0.4 is 10.3 Å². The van der Waals surface area contributed by atoms with E-state index in [-0.39, 0.29) is 33.2 Å². The predicted octanol–water partition coefficient (Wildman–Crippen LogP) is 4.75. The number of hydrogen-bond acceptors (Lipinski definition) is 6. The number of amides is 2. The Labute approximate surface area is 222 Å². The van der Waals surface area contributed by atoms with Crippen molar-refractivity contribution in [1.29, 1.82) is 0 Å². The van der Waals surface area contributed by atoms with Crippen molar-refractivity contribution in [2.24, 2.45) is 11.0 Å². The van der Waals surface area contributed by atoms with E-state index in [0.717, 1.165) is 8.98 Å². The molecule has 2 aromatic carbocycles. The number of pyridine rings is 1. The van der Waals surface area contributed by atoms with Crippen LogP contribution in [0.1, 0.15) is 25.8 Å². The average Bonchev–Trinajstić information content (AvgIpc) is 3.49. The number of hydrazone groups is 1. The number of rotatable bonds is 7. The molecule has 4 aromatic rings. The van der Waals surface area contributed by atoms with Crippen LogP contribution >= 0.6 is 0 Å². The summed E-state index contributed by atoms with van der Waals surface area (Å²) in [6.07, 6.45) is 2.40. The Morgan fingerprint density at radius 2 is 1.82 bits per heavy atom. The van der Waals surface area contributed by atoms with Crippen LogP contribution in [-0.4, -0.2) is 34.9 Å². The Bertz CT molecular complexity index is 1740. The third-order valence-corrected chi connectivity index (χ3v) is 8.14. The lowest BCUT2D eigenvalue weighted by Gasteiger charge is -2.17. The van der Waals surface area contributed by atoms with Gasteiger partial charge in [-0.2, -0.15) is 10.1 Å². The molecule has 0 bridgehead atoms. The molecule has 1 aliphatic heterocycles. The molecule has 1 atom stereocenters. The summed E-state index contributed by atoms with van der Waals surface area (Å²) in [7, 11) is -3.93. The number of nitrogens with zero attached hydrogens (tertiary/aromatic N) is 4. The van der Waals surface area contributed by atoms with E-state index in [4.69, 9.17) is 0 Å². The van der Waals surface area contributed by atoms with E-state index in [9.17, 15) is 26.8 Å². The number of fused-ring (bicyclic) bond motifs is 1. The first-order valence-electron chi connectivity index (χ1n) is 12.0. The fraction of sp³-hybridized carbons (Fsp3) is 0.185. The summed E-state index contributed by atoms with van der Waals surface area (Å²) in [5.41, 5.74) is 0.305. The lowest BCUT2D eigenvalue weighted by molar-refractivity contribution is -0.127. The molecule has 5 rings (SSSR count). The highest BCUT2D eigenvalue weighted by molar-refractivity contribution is 7.90. The van der Waals surface area contributed by atoms with Crippen LogP contribution in [0.25, 0.3) is 10.9 Å². The summed E-state index contributed by atoms with van der Waals surface area (Å²) in [4.78, 5) is 30.6. The molecule has 0 aliphatic carbocycles. The second kappa shape index (κ2) is 9.70. The van der Waals surface area contributed by atoms with Gasteiger partial charge >= 0.3 is 0 Å². The zero-order valence-electron chi connectivity index (χ0n) is 20.9. The highest BCUT2D eigenvalue weighted by Crippen LogP contribution is 2.33. The molecule has 39 heavy (non-hydrogen) atoms. The van der Waals surface area contributed by atoms with Crippen LogP contribution in [-0.2, 0) is 25.5 Å². The number of aromatic nitrogens is 2. The highest BCUT2D eigenvalue weighted by Gasteiger charge is 2.41. The van der Waals surface area contributed by atoms with Crippen LogP contribution in [0.3, 0.4) is 0 Å². The molecular formula is C27H23F2N5O4S. The predicted molar refractivity (Wildman–Crippen MR) is 142 cm³/mol. The van der Waals surface area contributed by atoms with Gasteiger partial charge in [-0.15, -0.1) is 0 Å². The Morgan fingerprint density at radius 3 is 2.54 bits per heavy atom. The molecule has 200 valence electrons. The van der Waals surface area contributed by atoms with E-state index in [0.29, 0.717) is 5.39 Å². The van der Waals surface area contributed by atoms with E-state index >= 15 is 0 Å². The molecule has 1 unspecified atom stereocenters. The monoisotopic (exact) mass is 551 g/mol. The number of halogens is 2. The third-order valence-electron chi connectivity index (χ3n) is 6.43. The standard InChI is InChI=1S/C27H23F2N5O4S/c1-3-27(28,29)19-8-7-9-20(14-19)31-25(35)24-17(2)32-34(26(24)36)23-15-22-18(16-30-23)12-13-33(22)39(37,38)21-10-5-4-6-11-21/h4-16,24H,3H2,1-2H3,(H,31,35). The quantitative estimate of drug-likeness (QED) is 0.333. The number of anilines is 2. The maximum Gasteiger partial charge on any atom is 0.273 e. The SMILES string of the molecule is CCC(F)(F)c1cccc(NC(=O)C2C(=O)N(c3cc4c(ccn4S(=O)(=O)c4ccccc4)cn3)N=C2C)c1. The van der Waals surface area contributed by atoms with Crippen molar-refractivity contribution in [2.45, 2.75) is 31.1 Å². The smallest absolute Gasteiger partial charge is 0.273 e. The van der Waals surface area contributed by atoms with Crippen molar-refractivity contribution in [1.82, 2.24) is 8.96 Å². The van der Waals surface area contributed by atoms with E-state index in [1.807, 2.05) is 0 Å². The third kappa shape index (κ3) is 4.67. The summed E-state index contributed by atoms with van der Waals surface area (Å²) >= 11 is 0. The van der Waals surface area contributed by atoms with Gasteiger partial charge in [0.05, 0.1) is 16.1 Å². The minimum atomic E-state index is -3.93. The number of benzene rings is 2. The summed E-state index contributed by atoms with van der Waals surface area (Å²) in [6.45, 7) is 2.85. The van der Waals surface area contributed by atoms with Crippen LogP contribution in [0.15, 0.2) is 89.1 Å². The van der Waals surface area contributed by atoms with Gasteiger partial charge in [-0.05, 0) is 37.3 Å². The Morgan fingerprint density at radius 1 is 1.08 bits per heavy atom. The topological polar surface area (TPSA) is 114 Å². The van der Waals surface area contributed by atoms with E-state index in [1.165, 1.54) is 68.7 Å². The fourth-order valence-electron chi connectivity index (χ4n) is 4.30. The van der Waals surface area contributed by atoms with Crippen LogP contribution in [0.5, 0.6) is 0 Å². The Kier molecular flexibility index (Phi) is 6.51. The summed E-state index contributed by atoms with van der Waals surface area (Å²) < 4.78 is 55.7. The van der Waals surface area contributed by atoms with Gasteiger partial charge < -0.3 is 5.32 Å². The first-order chi connectivity index (χ1) is 18.5. The van der Waals surface area contributed by atoms with Gasteiger partial charge in [-0.3, -0.25) is 9.59 Å². The van der Waals surface area contributed by atoms with Crippen molar-refractivity contribution >= 4 is 50.0 Å². The van der Waals surface area contributed by atoms with Gasteiger partial charge in [0.1, 0.15) is 0 Å². The molecule has 0 spiro atoms. The van der Waals surface area contributed by atoms with Crippen molar-refractivity contribution in [2.75, 3.05) is 10.3 Å². The van der Waals surface area contributed by atoms with Crippen LogP contribution in [0, 0.1) is 5.92 Å². The number of nitrogens with one attached hydrogen (secondary N) is 1. The first-order valence-corrected chi connectivity index (χ1v) is 13.4. The molecule has 1 N–H and O–H groups in total. The van der Waals surface area contributed by atoms with E-state index < -0.39 is 40.1 Å². The molecule has 1 aliphatic rings. The van der Waals surface area contributed by atoms with Crippen LogP contribution in [0.4, 0.5) is 20.3 Å². The zero-order valence-corrected chi connectivity index (χ0v) is 21.7. The normalized spacial score (nSPS) is 16.0. The Hall–Kier alpha value is -4.45. The molecule has 9 nitrogen and oxygen atoms in total. The van der Waals surface area contributed by atoms with Gasteiger partial charge in [0.15, 0.2) is 11.7 Å². The molecular weight excluding hydrogens is 528 g/mol. The minimum absolute atomic E-state index is 0.0231.